The number of nitrogens with zero attached hydrogens (tertiary/aromatic N) is 1. The maximum absolute atomic E-state index is 12.1. The van der Waals surface area contributed by atoms with Crippen LogP contribution in [-0.4, -0.2) is 36.4 Å². The van der Waals surface area contributed by atoms with E-state index in [1.807, 2.05) is 32.0 Å². The topological polar surface area (TPSA) is 72.7 Å². The predicted molar refractivity (Wildman–Crippen MR) is 131 cm³/mol. The Morgan fingerprint density at radius 2 is 1.73 bits per heavy atom. The summed E-state index contributed by atoms with van der Waals surface area (Å²) in [6, 6.07) is 12.2. The SMILES string of the molecule is COc1ccc(CCNCc2c(C(=O)O)c(C)n(Cc3cc(C)ccc3C)c2C)c(OC)c1. The van der Waals surface area contributed by atoms with Gasteiger partial charge < -0.3 is 24.5 Å². The fraction of sp³-hybridized carbons (Fsp3) is 0.370. The minimum Gasteiger partial charge on any atom is -0.497 e. The molecule has 3 rings (SSSR count). The molecule has 0 unspecified atom stereocenters. The third-order valence-electron chi connectivity index (χ3n) is 6.32. The second kappa shape index (κ2) is 10.6. The molecule has 2 N–H and O–H groups in total. The molecule has 0 radical (unpaired) electrons. The quantitative estimate of drug-likeness (QED) is 0.434. The number of aromatic carboxylic acids is 1. The second-order valence-electron chi connectivity index (χ2n) is 8.45. The molecule has 0 saturated carbocycles. The summed E-state index contributed by atoms with van der Waals surface area (Å²) in [4.78, 5) is 12.1. The van der Waals surface area contributed by atoms with Gasteiger partial charge in [-0.3, -0.25) is 0 Å². The van der Waals surface area contributed by atoms with Crippen molar-refractivity contribution in [2.24, 2.45) is 0 Å². The van der Waals surface area contributed by atoms with E-state index >= 15 is 0 Å². The number of carboxylic acid groups (broad SMARTS) is 1. The molecule has 6 nitrogen and oxygen atoms in total. The van der Waals surface area contributed by atoms with Crippen molar-refractivity contribution in [2.75, 3.05) is 20.8 Å². The van der Waals surface area contributed by atoms with Crippen LogP contribution in [0.2, 0.25) is 0 Å². The van der Waals surface area contributed by atoms with E-state index in [0.29, 0.717) is 25.2 Å². The number of ether oxygens (including phenoxy) is 2. The zero-order valence-corrected chi connectivity index (χ0v) is 20.4. The third kappa shape index (κ3) is 5.40. The summed E-state index contributed by atoms with van der Waals surface area (Å²) in [6.45, 7) is 9.93. The number of carbonyl (C=O) groups is 1. The van der Waals surface area contributed by atoms with Crippen molar-refractivity contribution in [1.29, 1.82) is 0 Å². The van der Waals surface area contributed by atoms with Gasteiger partial charge in [0.2, 0.25) is 0 Å². The maximum Gasteiger partial charge on any atom is 0.337 e. The van der Waals surface area contributed by atoms with Gasteiger partial charge in [0.15, 0.2) is 0 Å². The molecule has 0 bridgehead atoms. The summed E-state index contributed by atoms with van der Waals surface area (Å²) < 4.78 is 12.9. The zero-order valence-electron chi connectivity index (χ0n) is 20.4. The summed E-state index contributed by atoms with van der Waals surface area (Å²) in [5.41, 5.74) is 7.70. The lowest BCUT2D eigenvalue weighted by atomic mass is 10.1. The molecule has 0 amide bonds. The van der Waals surface area contributed by atoms with Gasteiger partial charge in [0.25, 0.3) is 0 Å². The highest BCUT2D eigenvalue weighted by molar-refractivity contribution is 5.91. The van der Waals surface area contributed by atoms with Gasteiger partial charge in [-0.15, -0.1) is 0 Å². The van der Waals surface area contributed by atoms with Crippen LogP contribution >= 0.6 is 0 Å². The molecule has 0 aliphatic carbocycles. The van der Waals surface area contributed by atoms with Gasteiger partial charge in [-0.25, -0.2) is 4.79 Å². The minimum absolute atomic E-state index is 0.396. The van der Waals surface area contributed by atoms with E-state index in [-0.39, 0.29) is 0 Å². The van der Waals surface area contributed by atoms with Gasteiger partial charge in [-0.2, -0.15) is 0 Å². The van der Waals surface area contributed by atoms with Crippen LogP contribution in [0.25, 0.3) is 0 Å². The molecular formula is C27H34N2O4. The number of aryl methyl sites for hydroxylation is 2. The first kappa shape index (κ1) is 24.4. The highest BCUT2D eigenvalue weighted by Crippen LogP contribution is 2.26. The molecule has 2 aromatic carbocycles. The van der Waals surface area contributed by atoms with Gasteiger partial charge in [0.1, 0.15) is 11.5 Å². The van der Waals surface area contributed by atoms with Gasteiger partial charge in [0.05, 0.1) is 19.8 Å². The number of hydrogen-bond donors (Lipinski definition) is 2. The lowest BCUT2D eigenvalue weighted by Crippen LogP contribution is -2.19. The monoisotopic (exact) mass is 450 g/mol. The Morgan fingerprint density at radius 3 is 2.39 bits per heavy atom. The van der Waals surface area contributed by atoms with E-state index in [1.54, 1.807) is 14.2 Å². The average molecular weight is 451 g/mol. The van der Waals surface area contributed by atoms with Crippen LogP contribution in [0.3, 0.4) is 0 Å². The lowest BCUT2D eigenvalue weighted by Gasteiger charge is -2.13. The molecule has 1 aromatic heterocycles. The first-order valence-corrected chi connectivity index (χ1v) is 11.2. The summed E-state index contributed by atoms with van der Waals surface area (Å²) in [5.74, 6) is 0.656. The van der Waals surface area contributed by atoms with E-state index in [1.165, 1.54) is 16.7 Å². The molecular weight excluding hydrogens is 416 g/mol. The van der Waals surface area contributed by atoms with Crippen molar-refractivity contribution < 1.29 is 19.4 Å². The summed E-state index contributed by atoms with van der Waals surface area (Å²) >= 11 is 0. The molecule has 3 aromatic rings. The standard InChI is InChI=1S/C27H34N2O4/c1-17-7-8-18(2)22(13-17)16-29-19(3)24(26(20(29)4)27(30)31)15-28-12-11-21-9-10-23(32-5)14-25(21)33-6/h7-10,13-14,28H,11-12,15-16H2,1-6H3,(H,30,31). The summed E-state index contributed by atoms with van der Waals surface area (Å²) in [7, 11) is 3.28. The second-order valence-corrected chi connectivity index (χ2v) is 8.45. The van der Waals surface area contributed by atoms with E-state index in [4.69, 9.17) is 9.47 Å². The molecule has 0 fully saturated rings. The average Bonchev–Trinajstić information content (AvgIpc) is 3.03. The number of hydrogen-bond acceptors (Lipinski definition) is 4. The number of benzene rings is 2. The van der Waals surface area contributed by atoms with E-state index < -0.39 is 5.97 Å². The van der Waals surface area contributed by atoms with Gasteiger partial charge in [-0.05, 0) is 63.4 Å². The molecule has 6 heteroatoms. The minimum atomic E-state index is -0.885. The summed E-state index contributed by atoms with van der Waals surface area (Å²) in [6.07, 6.45) is 0.761. The van der Waals surface area contributed by atoms with E-state index in [2.05, 4.69) is 41.9 Å². The predicted octanol–water partition coefficient (Wildman–Crippen LogP) is 4.82. The van der Waals surface area contributed by atoms with Crippen molar-refractivity contribution in [2.45, 2.75) is 47.2 Å². The van der Waals surface area contributed by atoms with E-state index in [9.17, 15) is 9.90 Å². The van der Waals surface area contributed by atoms with Crippen molar-refractivity contribution in [3.63, 3.8) is 0 Å². The smallest absolute Gasteiger partial charge is 0.337 e. The first-order valence-electron chi connectivity index (χ1n) is 11.2. The van der Waals surface area contributed by atoms with Crippen molar-refractivity contribution in [3.05, 3.63) is 81.2 Å². The van der Waals surface area contributed by atoms with Gasteiger partial charge in [-0.1, -0.05) is 29.8 Å². The lowest BCUT2D eigenvalue weighted by molar-refractivity contribution is 0.0694. The van der Waals surface area contributed by atoms with Crippen LogP contribution in [0, 0.1) is 27.7 Å². The van der Waals surface area contributed by atoms with Gasteiger partial charge >= 0.3 is 5.97 Å². The molecule has 0 saturated heterocycles. The third-order valence-corrected chi connectivity index (χ3v) is 6.32. The molecule has 0 atom stereocenters. The highest BCUT2D eigenvalue weighted by atomic mass is 16.5. The van der Waals surface area contributed by atoms with Crippen LogP contribution in [-0.2, 0) is 19.5 Å². The largest absolute Gasteiger partial charge is 0.497 e. The number of methoxy groups -OCH3 is 2. The van der Waals surface area contributed by atoms with E-state index in [0.717, 1.165) is 40.4 Å². The highest BCUT2D eigenvalue weighted by Gasteiger charge is 2.22. The Morgan fingerprint density at radius 1 is 0.970 bits per heavy atom. The summed E-state index contributed by atoms with van der Waals surface area (Å²) in [5, 5.41) is 13.4. The molecule has 33 heavy (non-hydrogen) atoms. The number of rotatable bonds is 10. The first-order chi connectivity index (χ1) is 15.8. The van der Waals surface area contributed by atoms with Gasteiger partial charge in [0, 0.05) is 36.1 Å². The molecule has 0 aliphatic heterocycles. The Bertz CT molecular complexity index is 1150. The Kier molecular flexibility index (Phi) is 7.82. The Hall–Kier alpha value is -3.25. The van der Waals surface area contributed by atoms with Crippen LogP contribution in [0.1, 0.15) is 49.6 Å². The molecule has 176 valence electrons. The number of nitrogens with one attached hydrogen (secondary N) is 1. The van der Waals surface area contributed by atoms with Crippen molar-refractivity contribution >= 4 is 5.97 Å². The number of carboxylic acids is 1. The van der Waals surface area contributed by atoms with Crippen LogP contribution in [0.15, 0.2) is 36.4 Å². The molecule has 0 aliphatic rings. The molecule has 0 spiro atoms. The fourth-order valence-electron chi connectivity index (χ4n) is 4.32. The van der Waals surface area contributed by atoms with Crippen LogP contribution in [0.4, 0.5) is 0 Å². The maximum atomic E-state index is 12.1. The van der Waals surface area contributed by atoms with Crippen LogP contribution in [0.5, 0.6) is 11.5 Å². The Labute approximate surface area is 196 Å². The van der Waals surface area contributed by atoms with Crippen molar-refractivity contribution in [3.8, 4) is 11.5 Å². The fourth-order valence-corrected chi connectivity index (χ4v) is 4.32. The molecule has 1 heterocycles. The van der Waals surface area contributed by atoms with Crippen molar-refractivity contribution in [1.82, 2.24) is 9.88 Å². The van der Waals surface area contributed by atoms with Crippen LogP contribution < -0.4 is 14.8 Å². The Balaban J connectivity index is 1.77. The normalized spacial score (nSPS) is 11.0. The zero-order chi connectivity index (χ0) is 24.1. The number of aromatic nitrogens is 1.